The first-order valence-corrected chi connectivity index (χ1v) is 3.67. The van der Waals surface area contributed by atoms with Crippen molar-refractivity contribution in [1.29, 1.82) is 0 Å². The van der Waals surface area contributed by atoms with Gasteiger partial charge in [-0.1, -0.05) is 27.7 Å². The van der Waals surface area contributed by atoms with Gasteiger partial charge in [0.1, 0.15) is 0 Å². The first kappa shape index (κ1) is 13.9. The van der Waals surface area contributed by atoms with Crippen molar-refractivity contribution < 1.29 is 0 Å². The van der Waals surface area contributed by atoms with Gasteiger partial charge in [0, 0.05) is 43.7 Å². The van der Waals surface area contributed by atoms with Gasteiger partial charge in [0.05, 0.1) is 0 Å². The minimum Gasteiger partial charge on any atom is -0.0604 e. The molecule has 0 aromatic heterocycles. The summed E-state index contributed by atoms with van der Waals surface area (Å²) in [6, 6.07) is 0. The van der Waals surface area contributed by atoms with E-state index in [0.29, 0.717) is 5.41 Å². The Morgan fingerprint density at radius 2 is 0.818 bits per heavy atom. The predicted octanol–water partition coefficient (Wildman–Crippen LogP) is -0.232. The molecule has 0 aliphatic heterocycles. The van der Waals surface area contributed by atoms with Crippen LogP contribution >= 0.6 is 0 Å². The predicted molar refractivity (Wildman–Crippen MR) is 59.7 cm³/mol. The Hall–Kier alpha value is 0.390. The molecule has 0 atom stereocenters. The lowest BCUT2D eigenvalue weighted by molar-refractivity contribution is 0.469. The Bertz CT molecular complexity index is 71.5. The van der Waals surface area contributed by atoms with Crippen LogP contribution in [0.25, 0.3) is 0 Å². The zero-order valence-corrected chi connectivity index (χ0v) is 7.96. The molecule has 8 radical (unpaired) electrons. The van der Waals surface area contributed by atoms with Gasteiger partial charge in [0.15, 0.2) is 0 Å². The molecule has 0 saturated heterocycles. The zero-order valence-electron chi connectivity index (χ0n) is 7.96. The standard InChI is InChI=1S/C5H12.B6/c1-5(2,3)4;1-5(2)6(3)4/h1-4H3;. The largest absolute Gasteiger partial charge is 0.0604 e. The van der Waals surface area contributed by atoms with Gasteiger partial charge >= 0.3 is 0 Å². The highest BCUT2D eigenvalue weighted by Crippen LogP contribution is 2.07. The minimum absolute atomic E-state index is 0.500. The van der Waals surface area contributed by atoms with E-state index in [1.165, 1.54) is 0 Å². The first-order chi connectivity index (χ1) is 4.64. The molecule has 0 rings (SSSR count). The molecular formula is C5H12B6. The molecule has 6 heteroatoms. The summed E-state index contributed by atoms with van der Waals surface area (Å²) >= 11 is 0. The summed E-state index contributed by atoms with van der Waals surface area (Å²) in [6.07, 6.45) is -1.19. The lowest BCUT2D eigenvalue weighted by atomic mass is 8.81. The quantitative estimate of drug-likeness (QED) is 0.438. The van der Waals surface area contributed by atoms with Crippen molar-refractivity contribution in [2.45, 2.75) is 27.7 Å². The highest BCUT2D eigenvalue weighted by atomic mass is 14.0. The van der Waals surface area contributed by atoms with Gasteiger partial charge in [0.25, 0.3) is 0 Å². The Morgan fingerprint density at radius 1 is 0.727 bits per heavy atom. The molecule has 0 aromatic rings. The summed E-state index contributed by atoms with van der Waals surface area (Å²) in [6.45, 7) is 8.75. The summed E-state index contributed by atoms with van der Waals surface area (Å²) in [7, 11) is 19.9. The van der Waals surface area contributed by atoms with Gasteiger partial charge in [-0.3, -0.25) is 0 Å². The molecule has 0 amide bonds. The topological polar surface area (TPSA) is 0 Å². The van der Waals surface area contributed by atoms with Crippen LogP contribution in [0.5, 0.6) is 0 Å². The molecule has 0 aliphatic rings. The van der Waals surface area contributed by atoms with E-state index < -0.39 is 12.8 Å². The van der Waals surface area contributed by atoms with Crippen molar-refractivity contribution in [2.24, 2.45) is 5.41 Å². The maximum Gasteiger partial charge on any atom is 0 e. The number of hydrogen-bond acceptors (Lipinski definition) is 0. The third-order valence-electron chi connectivity index (χ3n) is 0.444. The maximum atomic E-state index is 4.96. The molecule has 0 N–H and O–H groups in total. The summed E-state index contributed by atoms with van der Waals surface area (Å²) in [5.74, 6) is 0. The highest BCUT2D eigenvalue weighted by Gasteiger charge is 2.00. The highest BCUT2D eigenvalue weighted by molar-refractivity contribution is 7.76. The number of rotatable bonds is 1. The van der Waals surface area contributed by atoms with Crippen LogP contribution in [-0.4, -0.2) is 43.7 Å². The van der Waals surface area contributed by atoms with Crippen molar-refractivity contribution in [2.75, 3.05) is 0 Å². The van der Waals surface area contributed by atoms with Crippen molar-refractivity contribution in [3.63, 3.8) is 0 Å². The maximum absolute atomic E-state index is 4.96. The van der Waals surface area contributed by atoms with Crippen LogP contribution in [0, 0.1) is 5.41 Å². The zero-order chi connectivity index (χ0) is 9.65. The molecule has 11 heavy (non-hydrogen) atoms. The van der Waals surface area contributed by atoms with Crippen LogP contribution in [-0.2, 0) is 0 Å². The SMILES string of the molecule is CC(C)(C)C.[B]B([B])B([B])[B]. The monoisotopic (exact) mass is 138 g/mol. The minimum atomic E-state index is -0.593. The van der Waals surface area contributed by atoms with Crippen molar-refractivity contribution >= 4 is 43.7 Å². The van der Waals surface area contributed by atoms with Gasteiger partial charge in [0.2, 0.25) is 0 Å². The first-order valence-electron chi connectivity index (χ1n) is 3.67. The second-order valence-corrected chi connectivity index (χ2v) is 4.15. The van der Waals surface area contributed by atoms with E-state index in [9.17, 15) is 0 Å². The Balaban J connectivity index is 0. The number of hydrogen-bond donors (Lipinski definition) is 0. The molecule has 0 bridgehead atoms. The summed E-state index contributed by atoms with van der Waals surface area (Å²) in [4.78, 5) is 0. The van der Waals surface area contributed by atoms with Crippen LogP contribution in [0.3, 0.4) is 0 Å². The second kappa shape index (κ2) is 5.97. The Morgan fingerprint density at radius 3 is 0.818 bits per heavy atom. The Labute approximate surface area is 77.4 Å². The van der Waals surface area contributed by atoms with E-state index in [1.807, 2.05) is 0 Å². The van der Waals surface area contributed by atoms with Crippen molar-refractivity contribution in [3.05, 3.63) is 0 Å². The average Bonchev–Trinajstić information content (AvgIpc) is 1.59. The molecular weight excluding hydrogens is 125 g/mol. The van der Waals surface area contributed by atoms with E-state index >= 15 is 0 Å². The van der Waals surface area contributed by atoms with Crippen LogP contribution in [0.2, 0.25) is 0 Å². The van der Waals surface area contributed by atoms with Crippen molar-refractivity contribution in [3.8, 4) is 0 Å². The van der Waals surface area contributed by atoms with Gasteiger partial charge in [-0.15, -0.1) is 0 Å². The average molecular weight is 137 g/mol. The molecule has 0 saturated carbocycles. The van der Waals surface area contributed by atoms with Gasteiger partial charge in [-0.2, -0.15) is 0 Å². The summed E-state index contributed by atoms with van der Waals surface area (Å²) in [5.41, 5.74) is 0.500. The fourth-order valence-electron chi connectivity index (χ4n) is 0. The van der Waals surface area contributed by atoms with E-state index in [4.69, 9.17) is 30.9 Å². The van der Waals surface area contributed by atoms with E-state index in [0.717, 1.165) is 0 Å². The van der Waals surface area contributed by atoms with E-state index in [2.05, 4.69) is 27.7 Å². The molecule has 0 aromatic carbocycles. The smallest absolute Gasteiger partial charge is 0 e. The fraction of sp³-hybridized carbons (Fsp3) is 1.00. The van der Waals surface area contributed by atoms with Crippen LogP contribution in [0.4, 0.5) is 0 Å². The fourth-order valence-corrected chi connectivity index (χ4v) is 0. The third kappa shape index (κ3) is 38.0. The second-order valence-electron chi connectivity index (χ2n) is 4.15. The van der Waals surface area contributed by atoms with Gasteiger partial charge < -0.3 is 0 Å². The molecule has 0 aliphatic carbocycles. The van der Waals surface area contributed by atoms with Gasteiger partial charge in [-0.25, -0.2) is 0 Å². The normalized spacial score (nSPS) is 9.45. The van der Waals surface area contributed by atoms with Gasteiger partial charge in [-0.05, 0) is 5.41 Å². The third-order valence-corrected chi connectivity index (χ3v) is 0.444. The molecule has 0 spiro atoms. The summed E-state index contributed by atoms with van der Waals surface area (Å²) < 4.78 is 0. The van der Waals surface area contributed by atoms with E-state index in [-0.39, 0.29) is 0 Å². The van der Waals surface area contributed by atoms with Crippen LogP contribution < -0.4 is 0 Å². The molecule has 50 valence electrons. The molecule has 0 nitrogen and oxygen atoms in total. The van der Waals surface area contributed by atoms with Crippen LogP contribution in [0.1, 0.15) is 27.7 Å². The van der Waals surface area contributed by atoms with Crippen molar-refractivity contribution in [1.82, 2.24) is 0 Å². The summed E-state index contributed by atoms with van der Waals surface area (Å²) in [5, 5.41) is 0. The molecule has 0 heterocycles. The lowest BCUT2D eigenvalue weighted by Gasteiger charge is -2.05. The Kier molecular flexibility index (Phi) is 7.56. The lowest BCUT2D eigenvalue weighted by Crippen LogP contribution is -2.38. The van der Waals surface area contributed by atoms with Crippen LogP contribution in [0.15, 0.2) is 0 Å². The molecule has 0 unspecified atom stereocenters. The van der Waals surface area contributed by atoms with E-state index in [1.54, 1.807) is 0 Å². The molecule has 0 fully saturated rings.